The Hall–Kier alpha value is -1.45. The second-order valence-electron chi connectivity index (χ2n) is 6.37. The number of thiophene rings is 1. The van der Waals surface area contributed by atoms with E-state index in [1.807, 2.05) is 22.4 Å². The lowest BCUT2D eigenvalue weighted by molar-refractivity contribution is 0.0645. The summed E-state index contributed by atoms with van der Waals surface area (Å²) in [6, 6.07) is 8.58. The van der Waals surface area contributed by atoms with Gasteiger partial charge in [-0.25, -0.2) is 13.1 Å². The van der Waals surface area contributed by atoms with E-state index in [2.05, 4.69) is 9.62 Å². The summed E-state index contributed by atoms with van der Waals surface area (Å²) in [4.78, 5) is 17.3. The van der Waals surface area contributed by atoms with E-state index in [0.717, 1.165) is 18.0 Å². The molecule has 1 amide bonds. The first-order chi connectivity index (χ1) is 12.9. The van der Waals surface area contributed by atoms with Crippen LogP contribution < -0.4 is 4.72 Å². The SMILES string of the molecule is Cc1c(Cl)cccc1S(=O)(=O)NCCN1CCN(C(=O)c2cccs2)CC1. The Morgan fingerprint density at radius 3 is 2.59 bits per heavy atom. The second-order valence-corrected chi connectivity index (χ2v) is 9.46. The summed E-state index contributed by atoms with van der Waals surface area (Å²) in [5, 5.41) is 2.33. The summed E-state index contributed by atoms with van der Waals surface area (Å²) in [5.41, 5.74) is 0.548. The number of halogens is 1. The maximum absolute atomic E-state index is 12.5. The zero-order valence-electron chi connectivity index (χ0n) is 15.0. The average Bonchev–Trinajstić information content (AvgIpc) is 3.18. The van der Waals surface area contributed by atoms with Gasteiger partial charge in [-0.1, -0.05) is 23.7 Å². The van der Waals surface area contributed by atoms with E-state index in [9.17, 15) is 13.2 Å². The molecule has 2 aromatic rings. The third-order valence-electron chi connectivity index (χ3n) is 4.62. The number of hydrogen-bond acceptors (Lipinski definition) is 5. The summed E-state index contributed by atoms with van der Waals surface area (Å²) in [6.07, 6.45) is 0. The molecule has 6 nitrogen and oxygen atoms in total. The van der Waals surface area contributed by atoms with Crippen molar-refractivity contribution in [3.05, 3.63) is 51.2 Å². The molecule has 146 valence electrons. The smallest absolute Gasteiger partial charge is 0.264 e. The molecule has 0 bridgehead atoms. The quantitative estimate of drug-likeness (QED) is 0.768. The Balaban J connectivity index is 1.48. The number of benzene rings is 1. The molecule has 1 fully saturated rings. The van der Waals surface area contributed by atoms with Gasteiger partial charge in [0.25, 0.3) is 5.91 Å². The van der Waals surface area contributed by atoms with Gasteiger partial charge in [-0.3, -0.25) is 9.69 Å². The minimum atomic E-state index is -3.59. The molecular weight excluding hydrogens is 406 g/mol. The average molecular weight is 428 g/mol. The van der Waals surface area contributed by atoms with Crippen molar-refractivity contribution in [3.8, 4) is 0 Å². The maximum Gasteiger partial charge on any atom is 0.264 e. The summed E-state index contributed by atoms with van der Waals surface area (Å²) in [6.45, 7) is 5.37. The zero-order valence-corrected chi connectivity index (χ0v) is 17.4. The Labute approximate surface area is 168 Å². The highest BCUT2D eigenvalue weighted by Crippen LogP contribution is 2.22. The van der Waals surface area contributed by atoms with Crippen molar-refractivity contribution >= 4 is 38.9 Å². The van der Waals surface area contributed by atoms with Crippen LogP contribution in [0.1, 0.15) is 15.2 Å². The third-order valence-corrected chi connectivity index (χ3v) is 7.49. The Morgan fingerprint density at radius 2 is 1.93 bits per heavy atom. The van der Waals surface area contributed by atoms with Gasteiger partial charge in [0.2, 0.25) is 10.0 Å². The number of nitrogens with zero attached hydrogens (tertiary/aromatic N) is 2. The van der Waals surface area contributed by atoms with Crippen molar-refractivity contribution in [2.24, 2.45) is 0 Å². The van der Waals surface area contributed by atoms with Crippen LogP contribution in [0.3, 0.4) is 0 Å². The van der Waals surface area contributed by atoms with Crippen LogP contribution in [0.25, 0.3) is 0 Å². The molecule has 0 unspecified atom stereocenters. The van der Waals surface area contributed by atoms with Crippen LogP contribution in [-0.2, 0) is 10.0 Å². The van der Waals surface area contributed by atoms with E-state index >= 15 is 0 Å². The van der Waals surface area contributed by atoms with Gasteiger partial charge < -0.3 is 4.90 Å². The van der Waals surface area contributed by atoms with Crippen LogP contribution in [0.4, 0.5) is 0 Å². The summed E-state index contributed by atoms with van der Waals surface area (Å²) in [7, 11) is -3.59. The molecule has 1 saturated heterocycles. The van der Waals surface area contributed by atoms with Crippen LogP contribution in [0.2, 0.25) is 5.02 Å². The highest BCUT2D eigenvalue weighted by molar-refractivity contribution is 7.89. The van der Waals surface area contributed by atoms with E-state index < -0.39 is 10.0 Å². The number of carbonyl (C=O) groups excluding carboxylic acids is 1. The number of amides is 1. The number of hydrogen-bond donors (Lipinski definition) is 1. The summed E-state index contributed by atoms with van der Waals surface area (Å²) in [5.74, 6) is 0.0711. The second kappa shape index (κ2) is 8.70. The minimum Gasteiger partial charge on any atom is -0.335 e. The molecule has 1 aliphatic rings. The highest BCUT2D eigenvalue weighted by atomic mass is 35.5. The Bertz CT molecular complexity index is 893. The van der Waals surface area contributed by atoms with Crippen LogP contribution in [0.5, 0.6) is 0 Å². The first-order valence-electron chi connectivity index (χ1n) is 8.68. The van der Waals surface area contributed by atoms with Crippen LogP contribution in [-0.4, -0.2) is 63.4 Å². The van der Waals surface area contributed by atoms with Crippen LogP contribution in [0, 0.1) is 6.92 Å². The minimum absolute atomic E-state index is 0.0711. The molecule has 0 aliphatic carbocycles. The van der Waals surface area contributed by atoms with Gasteiger partial charge >= 0.3 is 0 Å². The van der Waals surface area contributed by atoms with Gasteiger partial charge in [-0.05, 0) is 36.1 Å². The normalized spacial score (nSPS) is 15.9. The van der Waals surface area contributed by atoms with E-state index in [1.165, 1.54) is 11.3 Å². The fourth-order valence-corrected chi connectivity index (χ4v) is 5.23. The predicted molar refractivity (Wildman–Crippen MR) is 108 cm³/mol. The number of piperazine rings is 1. The van der Waals surface area contributed by atoms with Crippen LogP contribution >= 0.6 is 22.9 Å². The summed E-state index contributed by atoms with van der Waals surface area (Å²) < 4.78 is 27.6. The molecule has 3 rings (SSSR count). The van der Waals surface area contributed by atoms with Crippen molar-refractivity contribution in [2.45, 2.75) is 11.8 Å². The fourth-order valence-electron chi connectivity index (χ4n) is 3.03. The zero-order chi connectivity index (χ0) is 19.4. The largest absolute Gasteiger partial charge is 0.335 e. The Morgan fingerprint density at radius 1 is 1.19 bits per heavy atom. The van der Waals surface area contributed by atoms with Crippen molar-refractivity contribution in [3.63, 3.8) is 0 Å². The molecule has 0 atom stereocenters. The molecule has 0 spiro atoms. The highest BCUT2D eigenvalue weighted by Gasteiger charge is 2.23. The van der Waals surface area contributed by atoms with E-state index in [-0.39, 0.29) is 10.8 Å². The molecule has 0 saturated carbocycles. The van der Waals surface area contributed by atoms with Gasteiger partial charge in [0.05, 0.1) is 9.77 Å². The molecule has 0 radical (unpaired) electrons. The number of carbonyl (C=O) groups is 1. The molecule has 1 aromatic heterocycles. The lowest BCUT2D eigenvalue weighted by atomic mass is 10.2. The summed E-state index contributed by atoms with van der Waals surface area (Å²) >= 11 is 7.47. The van der Waals surface area contributed by atoms with Crippen molar-refractivity contribution in [1.82, 2.24) is 14.5 Å². The number of nitrogens with one attached hydrogen (secondary N) is 1. The molecule has 1 N–H and O–H groups in total. The maximum atomic E-state index is 12.5. The fraction of sp³-hybridized carbons (Fsp3) is 0.389. The lowest BCUT2D eigenvalue weighted by Crippen LogP contribution is -2.50. The molecule has 27 heavy (non-hydrogen) atoms. The van der Waals surface area contributed by atoms with Gasteiger partial charge in [0.15, 0.2) is 0 Å². The van der Waals surface area contributed by atoms with Gasteiger partial charge in [0, 0.05) is 44.3 Å². The molecule has 2 heterocycles. The van der Waals surface area contributed by atoms with Crippen molar-refractivity contribution < 1.29 is 13.2 Å². The van der Waals surface area contributed by atoms with Gasteiger partial charge in [-0.15, -0.1) is 11.3 Å². The van der Waals surface area contributed by atoms with E-state index in [0.29, 0.717) is 36.8 Å². The molecule has 9 heteroatoms. The van der Waals surface area contributed by atoms with Crippen molar-refractivity contribution in [1.29, 1.82) is 0 Å². The molecule has 1 aromatic carbocycles. The Kier molecular flexibility index (Phi) is 6.54. The predicted octanol–water partition coefficient (Wildman–Crippen LogP) is 2.45. The first kappa shape index (κ1) is 20.3. The number of rotatable bonds is 6. The van der Waals surface area contributed by atoms with Crippen molar-refractivity contribution in [2.75, 3.05) is 39.3 Å². The first-order valence-corrected chi connectivity index (χ1v) is 11.4. The standard InChI is InChI=1S/C18H22ClN3O3S2/c1-14-15(19)4-2-6-17(14)27(24,25)20-7-8-21-9-11-22(12-10-21)18(23)16-5-3-13-26-16/h2-6,13,20H,7-12H2,1H3. The monoisotopic (exact) mass is 427 g/mol. The topological polar surface area (TPSA) is 69.7 Å². The molecule has 1 aliphatic heterocycles. The van der Waals surface area contributed by atoms with Crippen LogP contribution in [0.15, 0.2) is 40.6 Å². The van der Waals surface area contributed by atoms with E-state index in [4.69, 9.17) is 11.6 Å². The third kappa shape index (κ3) is 4.89. The van der Waals surface area contributed by atoms with Gasteiger partial charge in [0.1, 0.15) is 0 Å². The van der Waals surface area contributed by atoms with E-state index in [1.54, 1.807) is 25.1 Å². The molecular formula is C18H22ClN3O3S2. The van der Waals surface area contributed by atoms with Gasteiger partial charge in [-0.2, -0.15) is 0 Å². The number of sulfonamides is 1. The lowest BCUT2D eigenvalue weighted by Gasteiger charge is -2.34.